The average Bonchev–Trinajstić information content (AvgIpc) is 3.30. The van der Waals surface area contributed by atoms with Gasteiger partial charge in [-0.2, -0.15) is 5.10 Å². The first-order chi connectivity index (χ1) is 12.2. The molecule has 1 N–H and O–H groups in total. The Kier molecular flexibility index (Phi) is 4.17. The highest BCUT2D eigenvalue weighted by atomic mass is 19.1. The molecule has 1 amide bonds. The Morgan fingerprint density at radius 1 is 1.24 bits per heavy atom. The molecule has 0 spiro atoms. The highest BCUT2D eigenvalue weighted by Crippen LogP contribution is 2.36. The van der Waals surface area contributed by atoms with E-state index < -0.39 is 0 Å². The Balaban J connectivity index is 1.63. The molecule has 1 aromatic carbocycles. The minimum Gasteiger partial charge on any atom is -0.345 e. The maximum atomic E-state index is 13.3. The SMILES string of the molecule is O=C(N[C@H](c1ccc(F)cc1)C1CCCC1)c1cnn2cccnc12. The van der Waals surface area contributed by atoms with Crippen LogP contribution < -0.4 is 5.32 Å². The van der Waals surface area contributed by atoms with Crippen LogP contribution in [0.15, 0.2) is 48.9 Å². The quantitative estimate of drug-likeness (QED) is 0.792. The van der Waals surface area contributed by atoms with Crippen LogP contribution >= 0.6 is 0 Å². The predicted octanol–water partition coefficient (Wildman–Crippen LogP) is 3.53. The Morgan fingerprint density at radius 2 is 2.00 bits per heavy atom. The van der Waals surface area contributed by atoms with E-state index in [1.54, 1.807) is 35.1 Å². The van der Waals surface area contributed by atoms with Crippen LogP contribution in [0.1, 0.15) is 47.6 Å². The molecule has 0 saturated heterocycles. The molecule has 0 aliphatic heterocycles. The Hall–Kier alpha value is -2.76. The molecule has 0 bridgehead atoms. The first kappa shape index (κ1) is 15.7. The van der Waals surface area contributed by atoms with Crippen LogP contribution in [0.3, 0.4) is 0 Å². The normalized spacial score (nSPS) is 16.2. The van der Waals surface area contributed by atoms with Crippen molar-refractivity contribution in [2.75, 3.05) is 0 Å². The lowest BCUT2D eigenvalue weighted by Gasteiger charge is -2.25. The van der Waals surface area contributed by atoms with Gasteiger partial charge in [0.25, 0.3) is 5.91 Å². The van der Waals surface area contributed by atoms with Gasteiger partial charge < -0.3 is 5.32 Å². The number of fused-ring (bicyclic) bond motifs is 1. The largest absolute Gasteiger partial charge is 0.345 e. The van der Waals surface area contributed by atoms with Gasteiger partial charge in [-0.05, 0) is 42.5 Å². The van der Waals surface area contributed by atoms with E-state index in [1.165, 1.54) is 18.3 Å². The molecule has 1 atom stereocenters. The molecule has 25 heavy (non-hydrogen) atoms. The van der Waals surface area contributed by atoms with Gasteiger partial charge in [-0.1, -0.05) is 25.0 Å². The van der Waals surface area contributed by atoms with E-state index in [0.29, 0.717) is 17.1 Å². The number of nitrogens with one attached hydrogen (secondary N) is 1. The van der Waals surface area contributed by atoms with Crippen molar-refractivity contribution >= 4 is 11.6 Å². The Labute approximate surface area is 144 Å². The number of hydrogen-bond donors (Lipinski definition) is 1. The number of amides is 1. The summed E-state index contributed by atoms with van der Waals surface area (Å²) in [4.78, 5) is 17.1. The van der Waals surface area contributed by atoms with Crippen LogP contribution in [-0.2, 0) is 0 Å². The molecule has 5 nitrogen and oxygen atoms in total. The van der Waals surface area contributed by atoms with Crippen LogP contribution in [0.2, 0.25) is 0 Å². The lowest BCUT2D eigenvalue weighted by atomic mass is 9.91. The second-order valence-electron chi connectivity index (χ2n) is 6.49. The number of aromatic nitrogens is 3. The molecule has 0 radical (unpaired) electrons. The van der Waals surface area contributed by atoms with E-state index in [0.717, 1.165) is 31.2 Å². The summed E-state index contributed by atoms with van der Waals surface area (Å²) in [7, 11) is 0. The maximum absolute atomic E-state index is 13.3. The summed E-state index contributed by atoms with van der Waals surface area (Å²) in [6.45, 7) is 0. The minimum absolute atomic E-state index is 0.130. The highest BCUT2D eigenvalue weighted by molar-refractivity contribution is 5.99. The molecular weight excluding hydrogens is 319 g/mol. The third-order valence-electron chi connectivity index (χ3n) is 4.91. The molecule has 1 aliphatic carbocycles. The van der Waals surface area contributed by atoms with E-state index in [9.17, 15) is 9.18 Å². The highest BCUT2D eigenvalue weighted by Gasteiger charge is 2.29. The number of hydrogen-bond acceptors (Lipinski definition) is 3. The van der Waals surface area contributed by atoms with E-state index in [2.05, 4.69) is 15.4 Å². The third-order valence-corrected chi connectivity index (χ3v) is 4.91. The summed E-state index contributed by atoms with van der Waals surface area (Å²) in [5.41, 5.74) is 1.92. The second kappa shape index (κ2) is 6.63. The van der Waals surface area contributed by atoms with Crippen LogP contribution in [0.5, 0.6) is 0 Å². The molecule has 0 unspecified atom stereocenters. The van der Waals surface area contributed by atoms with Gasteiger partial charge in [0.05, 0.1) is 12.2 Å². The van der Waals surface area contributed by atoms with Gasteiger partial charge in [-0.15, -0.1) is 0 Å². The van der Waals surface area contributed by atoms with Gasteiger partial charge in [-0.3, -0.25) is 4.79 Å². The predicted molar refractivity (Wildman–Crippen MR) is 91.6 cm³/mol. The van der Waals surface area contributed by atoms with E-state index >= 15 is 0 Å². The number of nitrogens with zero attached hydrogens (tertiary/aromatic N) is 3. The number of halogens is 1. The van der Waals surface area contributed by atoms with Gasteiger partial charge in [0.15, 0.2) is 5.65 Å². The van der Waals surface area contributed by atoms with Crippen LogP contribution in [-0.4, -0.2) is 20.5 Å². The Morgan fingerprint density at radius 3 is 2.76 bits per heavy atom. The summed E-state index contributed by atoms with van der Waals surface area (Å²) in [6.07, 6.45) is 9.39. The molecule has 1 aliphatic rings. The fraction of sp³-hybridized carbons (Fsp3) is 0.316. The molecule has 1 fully saturated rings. The van der Waals surface area contributed by atoms with E-state index in [4.69, 9.17) is 0 Å². The first-order valence-corrected chi connectivity index (χ1v) is 8.57. The minimum atomic E-state index is -0.271. The van der Waals surface area contributed by atoms with E-state index in [-0.39, 0.29) is 17.8 Å². The summed E-state index contributed by atoms with van der Waals surface area (Å²) in [5.74, 6) is -0.105. The monoisotopic (exact) mass is 338 g/mol. The van der Waals surface area contributed by atoms with Gasteiger partial charge in [0.2, 0.25) is 0 Å². The van der Waals surface area contributed by atoms with Gasteiger partial charge >= 0.3 is 0 Å². The topological polar surface area (TPSA) is 59.3 Å². The summed E-state index contributed by atoms with van der Waals surface area (Å²) >= 11 is 0. The van der Waals surface area contributed by atoms with Gasteiger partial charge in [0, 0.05) is 12.4 Å². The van der Waals surface area contributed by atoms with E-state index in [1.807, 2.05) is 0 Å². The van der Waals surface area contributed by atoms with Crippen molar-refractivity contribution in [3.63, 3.8) is 0 Å². The molecule has 1 saturated carbocycles. The van der Waals surface area contributed by atoms with Crippen LogP contribution in [0.25, 0.3) is 5.65 Å². The average molecular weight is 338 g/mol. The summed E-state index contributed by atoms with van der Waals surface area (Å²) in [6, 6.07) is 8.04. The number of carbonyl (C=O) groups is 1. The van der Waals surface area contributed by atoms with Crippen molar-refractivity contribution in [3.05, 3.63) is 65.9 Å². The van der Waals surface area contributed by atoms with Gasteiger partial charge in [0.1, 0.15) is 11.4 Å². The molecule has 4 rings (SSSR count). The molecule has 6 heteroatoms. The number of rotatable bonds is 4. The lowest BCUT2D eigenvalue weighted by molar-refractivity contribution is 0.0923. The molecule has 2 aromatic heterocycles. The van der Waals surface area contributed by atoms with Crippen molar-refractivity contribution < 1.29 is 9.18 Å². The standard InChI is InChI=1S/C19H19FN4O/c20-15-8-6-14(7-9-15)17(13-4-1-2-5-13)23-19(25)16-12-22-24-11-3-10-21-18(16)24/h3,6-13,17H,1-2,4-5H2,(H,23,25)/t17-/m0/s1. The first-order valence-electron chi connectivity index (χ1n) is 8.57. The zero-order valence-corrected chi connectivity index (χ0v) is 13.7. The molecule has 2 heterocycles. The molecule has 128 valence electrons. The summed E-state index contributed by atoms with van der Waals surface area (Å²) in [5, 5.41) is 7.31. The molecular formula is C19H19FN4O. The lowest BCUT2D eigenvalue weighted by Crippen LogP contribution is -2.32. The number of benzene rings is 1. The summed E-state index contributed by atoms with van der Waals surface area (Å²) < 4.78 is 14.9. The molecule has 3 aromatic rings. The fourth-order valence-corrected chi connectivity index (χ4v) is 3.64. The van der Waals surface area contributed by atoms with Crippen molar-refractivity contribution in [2.24, 2.45) is 5.92 Å². The fourth-order valence-electron chi connectivity index (χ4n) is 3.64. The number of carbonyl (C=O) groups excluding carboxylic acids is 1. The van der Waals surface area contributed by atoms with Crippen LogP contribution in [0, 0.1) is 11.7 Å². The van der Waals surface area contributed by atoms with Crippen molar-refractivity contribution in [1.29, 1.82) is 0 Å². The zero-order chi connectivity index (χ0) is 17.2. The second-order valence-corrected chi connectivity index (χ2v) is 6.49. The van der Waals surface area contributed by atoms with Gasteiger partial charge in [-0.25, -0.2) is 13.9 Å². The zero-order valence-electron chi connectivity index (χ0n) is 13.7. The van der Waals surface area contributed by atoms with Crippen molar-refractivity contribution in [3.8, 4) is 0 Å². The maximum Gasteiger partial charge on any atom is 0.257 e. The smallest absolute Gasteiger partial charge is 0.257 e. The third kappa shape index (κ3) is 3.12. The Bertz CT molecular complexity index is 884. The van der Waals surface area contributed by atoms with Crippen LogP contribution in [0.4, 0.5) is 4.39 Å². The van der Waals surface area contributed by atoms with Crippen molar-refractivity contribution in [1.82, 2.24) is 19.9 Å². The van der Waals surface area contributed by atoms with Crippen molar-refractivity contribution in [2.45, 2.75) is 31.7 Å².